The fraction of sp³-hybridized carbons (Fsp3) is 0.462. The Bertz CT molecular complexity index is 432. The zero-order chi connectivity index (χ0) is 15.2. The summed E-state index contributed by atoms with van der Waals surface area (Å²) in [5.41, 5.74) is 6.92. The number of aliphatic hydroxyl groups excluding tert-OH is 1. The number of hydrogen-bond donors (Lipinski definition) is 2. The van der Waals surface area contributed by atoms with Crippen LogP contribution in [0.2, 0.25) is 0 Å². The minimum atomic E-state index is -4.48. The van der Waals surface area contributed by atoms with Crippen molar-refractivity contribution in [3.05, 3.63) is 35.4 Å². The summed E-state index contributed by atoms with van der Waals surface area (Å²) in [6, 6.07) is 6.77. The number of benzene rings is 1. The molecule has 0 aliphatic carbocycles. The van der Waals surface area contributed by atoms with Gasteiger partial charge in [0.25, 0.3) is 0 Å². The van der Waals surface area contributed by atoms with Crippen LogP contribution >= 0.6 is 0 Å². The summed E-state index contributed by atoms with van der Waals surface area (Å²) in [7, 11) is 0. The minimum Gasteiger partial charge on any atom is -0.395 e. The summed E-state index contributed by atoms with van der Waals surface area (Å²) >= 11 is 0. The Balaban J connectivity index is 2.69. The van der Waals surface area contributed by atoms with E-state index in [2.05, 4.69) is 0 Å². The highest BCUT2D eigenvalue weighted by atomic mass is 19.4. The number of hydrogen-bond acceptors (Lipinski definition) is 3. The van der Waals surface area contributed by atoms with E-state index < -0.39 is 25.2 Å². The van der Waals surface area contributed by atoms with Crippen molar-refractivity contribution < 1.29 is 23.1 Å². The van der Waals surface area contributed by atoms with Gasteiger partial charge in [0, 0.05) is 13.1 Å². The van der Waals surface area contributed by atoms with Gasteiger partial charge in [-0.05, 0) is 11.1 Å². The number of carbonyl (C=O) groups excluding carboxylic acids is 1. The van der Waals surface area contributed by atoms with E-state index in [4.69, 9.17) is 10.8 Å². The molecule has 1 rings (SSSR count). The summed E-state index contributed by atoms with van der Waals surface area (Å²) in [5, 5.41) is 8.74. The van der Waals surface area contributed by atoms with Crippen LogP contribution < -0.4 is 5.73 Å². The quantitative estimate of drug-likeness (QED) is 0.823. The van der Waals surface area contributed by atoms with Crippen molar-refractivity contribution >= 4 is 5.91 Å². The van der Waals surface area contributed by atoms with Crippen LogP contribution in [0.1, 0.15) is 11.1 Å². The van der Waals surface area contributed by atoms with Crippen LogP contribution in [0.15, 0.2) is 24.3 Å². The second-order valence-corrected chi connectivity index (χ2v) is 4.35. The third-order valence-electron chi connectivity index (χ3n) is 2.71. The molecule has 0 aliphatic heterocycles. The van der Waals surface area contributed by atoms with E-state index in [9.17, 15) is 18.0 Å². The molecule has 0 aliphatic rings. The Morgan fingerprint density at radius 3 is 2.20 bits per heavy atom. The number of carbonyl (C=O) groups is 1. The summed E-state index contributed by atoms with van der Waals surface area (Å²) < 4.78 is 37.0. The molecule has 0 saturated heterocycles. The van der Waals surface area contributed by atoms with Gasteiger partial charge in [0.05, 0.1) is 13.0 Å². The van der Waals surface area contributed by atoms with Gasteiger partial charge in [0.2, 0.25) is 5.91 Å². The average Bonchev–Trinajstić information content (AvgIpc) is 2.37. The molecular formula is C13H17F3N2O2. The van der Waals surface area contributed by atoms with Crippen LogP contribution in [0.4, 0.5) is 13.2 Å². The number of halogens is 3. The van der Waals surface area contributed by atoms with Crippen LogP contribution in [0, 0.1) is 0 Å². The second-order valence-electron chi connectivity index (χ2n) is 4.35. The summed E-state index contributed by atoms with van der Waals surface area (Å²) in [4.78, 5) is 12.4. The normalized spacial score (nSPS) is 11.4. The van der Waals surface area contributed by atoms with Gasteiger partial charge in [-0.2, -0.15) is 13.2 Å². The standard InChI is InChI=1S/C13H17F3N2O2/c14-13(15,16)9-18(5-6-19)12(20)7-10-1-3-11(8-17)4-2-10/h1-4,19H,5-9,17H2. The van der Waals surface area contributed by atoms with Gasteiger partial charge in [-0.25, -0.2) is 0 Å². The monoisotopic (exact) mass is 290 g/mol. The summed E-state index contributed by atoms with van der Waals surface area (Å²) in [6.07, 6.45) is -4.62. The number of alkyl halides is 3. The smallest absolute Gasteiger partial charge is 0.395 e. The number of nitrogens with two attached hydrogens (primary N) is 1. The third kappa shape index (κ3) is 5.58. The number of amides is 1. The molecule has 0 atom stereocenters. The van der Waals surface area contributed by atoms with Crippen LogP contribution in [0.5, 0.6) is 0 Å². The van der Waals surface area contributed by atoms with Crippen LogP contribution in [0.3, 0.4) is 0 Å². The van der Waals surface area contributed by atoms with Crippen LogP contribution in [0.25, 0.3) is 0 Å². The largest absolute Gasteiger partial charge is 0.406 e. The van der Waals surface area contributed by atoms with Crippen LogP contribution in [-0.2, 0) is 17.8 Å². The fourth-order valence-corrected chi connectivity index (χ4v) is 1.71. The van der Waals surface area contributed by atoms with Gasteiger partial charge in [-0.15, -0.1) is 0 Å². The zero-order valence-corrected chi connectivity index (χ0v) is 10.9. The molecular weight excluding hydrogens is 273 g/mol. The molecule has 1 amide bonds. The van der Waals surface area contributed by atoms with Gasteiger partial charge in [-0.1, -0.05) is 24.3 Å². The molecule has 0 aromatic heterocycles. The molecule has 1 aromatic carbocycles. The molecule has 1 aromatic rings. The van der Waals surface area contributed by atoms with E-state index in [1.807, 2.05) is 0 Å². The molecule has 7 heteroatoms. The van der Waals surface area contributed by atoms with Crippen molar-refractivity contribution in [1.29, 1.82) is 0 Å². The fourth-order valence-electron chi connectivity index (χ4n) is 1.71. The Morgan fingerprint density at radius 1 is 1.20 bits per heavy atom. The average molecular weight is 290 g/mol. The molecule has 0 bridgehead atoms. The van der Waals surface area contributed by atoms with E-state index in [1.165, 1.54) is 0 Å². The van der Waals surface area contributed by atoms with Crippen molar-refractivity contribution in [1.82, 2.24) is 4.90 Å². The molecule has 112 valence electrons. The number of rotatable bonds is 6. The first kappa shape index (κ1) is 16.5. The second kappa shape index (κ2) is 7.25. The van der Waals surface area contributed by atoms with E-state index in [1.54, 1.807) is 24.3 Å². The molecule has 0 spiro atoms. The summed E-state index contributed by atoms with van der Waals surface area (Å²) in [5.74, 6) is -0.670. The highest BCUT2D eigenvalue weighted by molar-refractivity contribution is 5.78. The summed E-state index contributed by atoms with van der Waals surface area (Å²) in [6.45, 7) is -1.83. The van der Waals surface area contributed by atoms with Crippen molar-refractivity contribution in [3.63, 3.8) is 0 Å². The van der Waals surface area contributed by atoms with Crippen molar-refractivity contribution in [3.8, 4) is 0 Å². The maximum absolute atomic E-state index is 12.3. The van der Waals surface area contributed by atoms with E-state index in [0.717, 1.165) is 5.56 Å². The molecule has 0 radical (unpaired) electrons. The maximum atomic E-state index is 12.3. The van der Waals surface area contributed by atoms with Gasteiger partial charge in [-0.3, -0.25) is 4.79 Å². The Hall–Kier alpha value is -1.60. The molecule has 0 heterocycles. The van der Waals surface area contributed by atoms with Gasteiger partial charge in [0.1, 0.15) is 6.54 Å². The molecule has 0 unspecified atom stereocenters. The first-order chi connectivity index (χ1) is 9.35. The highest BCUT2D eigenvalue weighted by Gasteiger charge is 2.32. The molecule has 3 N–H and O–H groups in total. The third-order valence-corrected chi connectivity index (χ3v) is 2.71. The van der Waals surface area contributed by atoms with Crippen molar-refractivity contribution in [2.24, 2.45) is 5.73 Å². The van der Waals surface area contributed by atoms with E-state index >= 15 is 0 Å². The Kier molecular flexibility index (Phi) is 5.97. The van der Waals surface area contributed by atoms with E-state index in [0.29, 0.717) is 17.0 Å². The highest BCUT2D eigenvalue weighted by Crippen LogP contribution is 2.17. The molecule has 0 fully saturated rings. The first-order valence-electron chi connectivity index (χ1n) is 6.09. The first-order valence-corrected chi connectivity index (χ1v) is 6.09. The molecule has 20 heavy (non-hydrogen) atoms. The maximum Gasteiger partial charge on any atom is 0.406 e. The Labute approximate surface area is 115 Å². The topological polar surface area (TPSA) is 66.6 Å². The van der Waals surface area contributed by atoms with Gasteiger partial charge < -0.3 is 15.7 Å². The zero-order valence-electron chi connectivity index (χ0n) is 10.9. The van der Waals surface area contributed by atoms with Crippen molar-refractivity contribution in [2.75, 3.05) is 19.7 Å². The lowest BCUT2D eigenvalue weighted by Gasteiger charge is -2.23. The lowest BCUT2D eigenvalue weighted by molar-refractivity contribution is -0.161. The lowest BCUT2D eigenvalue weighted by atomic mass is 10.1. The van der Waals surface area contributed by atoms with Gasteiger partial charge >= 0.3 is 6.18 Å². The van der Waals surface area contributed by atoms with E-state index in [-0.39, 0.29) is 13.0 Å². The SMILES string of the molecule is NCc1ccc(CC(=O)N(CCO)CC(F)(F)F)cc1. The lowest BCUT2D eigenvalue weighted by Crippen LogP contribution is -2.41. The number of nitrogens with zero attached hydrogens (tertiary/aromatic N) is 1. The molecule has 0 saturated carbocycles. The Morgan fingerprint density at radius 2 is 1.75 bits per heavy atom. The predicted octanol–water partition coefficient (Wildman–Crippen LogP) is 1.07. The molecule has 4 nitrogen and oxygen atoms in total. The minimum absolute atomic E-state index is 0.138. The predicted molar refractivity (Wildman–Crippen MR) is 67.8 cm³/mol. The number of aliphatic hydroxyl groups is 1. The van der Waals surface area contributed by atoms with Gasteiger partial charge in [0.15, 0.2) is 0 Å². The van der Waals surface area contributed by atoms with Crippen LogP contribution in [-0.4, -0.2) is 41.8 Å². The van der Waals surface area contributed by atoms with Crippen molar-refractivity contribution in [2.45, 2.75) is 19.1 Å².